The largest absolute Gasteiger partial charge is 0.453 e. The predicted octanol–water partition coefficient (Wildman–Crippen LogP) is 4.41. The monoisotopic (exact) mass is 432 g/mol. The van der Waals surface area contributed by atoms with Gasteiger partial charge < -0.3 is 10.1 Å². The minimum Gasteiger partial charge on any atom is -0.453 e. The number of imide groups is 1. The molecule has 3 amide bonds. The zero-order valence-corrected chi connectivity index (χ0v) is 18.3. The van der Waals surface area contributed by atoms with Gasteiger partial charge in [-0.15, -0.1) is 23.1 Å². The van der Waals surface area contributed by atoms with Crippen molar-refractivity contribution >= 4 is 46.0 Å². The Morgan fingerprint density at radius 3 is 2.55 bits per heavy atom. The molecule has 2 N–H and O–H groups in total. The molecule has 154 valence electrons. The molecule has 8 heteroatoms. The Hall–Kier alpha value is -2.32. The first-order valence-corrected chi connectivity index (χ1v) is 11.2. The second-order valence-electron chi connectivity index (χ2n) is 7.04. The first kappa shape index (κ1) is 21.4. The maximum atomic E-state index is 12.6. The maximum Gasteiger partial charge on any atom is 0.413 e. The van der Waals surface area contributed by atoms with Gasteiger partial charge >= 0.3 is 6.09 Å². The molecule has 0 radical (unpaired) electrons. The number of ether oxygens (including phenoxy) is 1. The van der Waals surface area contributed by atoms with Crippen LogP contribution in [0.3, 0.4) is 0 Å². The van der Waals surface area contributed by atoms with Crippen LogP contribution in [0, 0.1) is 0 Å². The van der Waals surface area contributed by atoms with Crippen LogP contribution in [0.2, 0.25) is 0 Å². The molecule has 2 aromatic rings. The van der Waals surface area contributed by atoms with Crippen LogP contribution in [0.25, 0.3) is 0 Å². The zero-order chi connectivity index (χ0) is 21.0. The lowest BCUT2D eigenvalue weighted by atomic mass is 10.1. The van der Waals surface area contributed by atoms with E-state index in [4.69, 9.17) is 0 Å². The fourth-order valence-electron chi connectivity index (χ4n) is 3.25. The molecule has 0 aliphatic heterocycles. The molecule has 1 aliphatic carbocycles. The van der Waals surface area contributed by atoms with Gasteiger partial charge in [0.05, 0.1) is 19.1 Å². The van der Waals surface area contributed by atoms with E-state index in [1.54, 1.807) is 11.8 Å². The second-order valence-corrected chi connectivity index (χ2v) is 9.80. The predicted molar refractivity (Wildman–Crippen MR) is 116 cm³/mol. The minimum atomic E-state index is -0.815. The smallest absolute Gasteiger partial charge is 0.413 e. The summed E-state index contributed by atoms with van der Waals surface area (Å²) < 4.78 is 4.52. The van der Waals surface area contributed by atoms with Crippen molar-refractivity contribution in [1.82, 2.24) is 5.32 Å². The van der Waals surface area contributed by atoms with Crippen molar-refractivity contribution in [1.29, 1.82) is 0 Å². The third-order valence-corrected chi connectivity index (χ3v) is 6.69. The van der Waals surface area contributed by atoms with Crippen LogP contribution in [-0.4, -0.2) is 30.3 Å². The van der Waals surface area contributed by atoms with Crippen molar-refractivity contribution in [3.63, 3.8) is 0 Å². The molecular formula is C21H24N2O4S2. The van der Waals surface area contributed by atoms with Crippen LogP contribution in [0.4, 0.5) is 9.80 Å². The van der Waals surface area contributed by atoms with Gasteiger partial charge in [0, 0.05) is 15.0 Å². The summed E-state index contributed by atoms with van der Waals surface area (Å²) in [4.78, 5) is 38.9. The normalized spacial score (nSPS) is 12.6. The number of anilines is 1. The number of fused-ring (bicyclic) bond motifs is 1. The molecule has 1 heterocycles. The van der Waals surface area contributed by atoms with Gasteiger partial charge in [-0.2, -0.15) is 0 Å². The minimum absolute atomic E-state index is 0.193. The van der Waals surface area contributed by atoms with Gasteiger partial charge in [0.15, 0.2) is 0 Å². The lowest BCUT2D eigenvalue weighted by Crippen LogP contribution is -2.31. The van der Waals surface area contributed by atoms with Crippen molar-refractivity contribution in [2.24, 2.45) is 0 Å². The van der Waals surface area contributed by atoms with Gasteiger partial charge in [-0.1, -0.05) is 26.0 Å². The molecule has 0 bridgehead atoms. The molecule has 1 aromatic heterocycles. The Kier molecular flexibility index (Phi) is 6.97. The van der Waals surface area contributed by atoms with Crippen LogP contribution in [0.5, 0.6) is 0 Å². The number of aryl methyl sites for hydroxylation is 1. The van der Waals surface area contributed by atoms with Gasteiger partial charge in [0.2, 0.25) is 5.91 Å². The fourth-order valence-corrected chi connectivity index (χ4v) is 5.39. The van der Waals surface area contributed by atoms with Crippen molar-refractivity contribution in [2.45, 2.75) is 49.7 Å². The highest BCUT2D eigenvalue weighted by Crippen LogP contribution is 2.39. The van der Waals surface area contributed by atoms with Crippen LogP contribution >= 0.6 is 23.1 Å². The van der Waals surface area contributed by atoms with Gasteiger partial charge in [0.1, 0.15) is 5.00 Å². The van der Waals surface area contributed by atoms with Gasteiger partial charge in [-0.25, -0.2) is 4.79 Å². The summed E-state index contributed by atoms with van der Waals surface area (Å²) in [5, 5.41) is 6.06. The number of thioether (sulfide) groups is 1. The van der Waals surface area contributed by atoms with Crippen LogP contribution < -0.4 is 10.6 Å². The Balaban J connectivity index is 1.72. The van der Waals surface area contributed by atoms with E-state index in [1.807, 2.05) is 24.3 Å². The van der Waals surface area contributed by atoms with Gasteiger partial charge in [-0.05, 0) is 42.5 Å². The average Bonchev–Trinajstić information content (AvgIpc) is 3.23. The van der Waals surface area contributed by atoms with E-state index < -0.39 is 12.0 Å². The van der Waals surface area contributed by atoms with Crippen LogP contribution in [-0.2, 0) is 28.8 Å². The maximum absolute atomic E-state index is 12.6. The summed E-state index contributed by atoms with van der Waals surface area (Å²) in [5.41, 5.74) is 2.20. The molecule has 0 fully saturated rings. The summed E-state index contributed by atoms with van der Waals surface area (Å²) >= 11 is 3.18. The Labute approximate surface area is 178 Å². The Morgan fingerprint density at radius 1 is 1.17 bits per heavy atom. The molecular weight excluding hydrogens is 408 g/mol. The van der Waals surface area contributed by atoms with E-state index in [2.05, 4.69) is 29.2 Å². The van der Waals surface area contributed by atoms with E-state index in [0.29, 0.717) is 15.8 Å². The summed E-state index contributed by atoms with van der Waals surface area (Å²) in [6.07, 6.45) is 2.01. The number of carbonyl (C=O) groups excluding carboxylic acids is 3. The summed E-state index contributed by atoms with van der Waals surface area (Å²) in [5.74, 6) is -0.733. The molecule has 6 nitrogen and oxygen atoms in total. The van der Waals surface area contributed by atoms with Crippen molar-refractivity contribution in [2.75, 3.05) is 12.4 Å². The Morgan fingerprint density at radius 2 is 1.90 bits per heavy atom. The van der Waals surface area contributed by atoms with E-state index in [1.165, 1.54) is 23.3 Å². The number of benzene rings is 1. The molecule has 0 spiro atoms. The summed E-state index contributed by atoms with van der Waals surface area (Å²) in [6, 6.07) is 7.93. The van der Waals surface area contributed by atoms with Crippen LogP contribution in [0.1, 0.15) is 46.6 Å². The number of amides is 3. The van der Waals surface area contributed by atoms with Crippen LogP contribution in [0.15, 0.2) is 29.2 Å². The van der Waals surface area contributed by atoms with E-state index in [0.717, 1.165) is 35.3 Å². The first-order chi connectivity index (χ1) is 13.9. The molecule has 3 rings (SSSR count). The topological polar surface area (TPSA) is 84.5 Å². The van der Waals surface area contributed by atoms with E-state index >= 15 is 0 Å². The fraction of sp³-hybridized carbons (Fsp3) is 0.381. The number of hydrogen-bond acceptors (Lipinski definition) is 6. The highest BCUT2D eigenvalue weighted by Gasteiger charge is 2.28. The number of nitrogens with one attached hydrogen (secondary N) is 2. The SMILES string of the molecule is COC(=O)NC(=O)c1c(NC(=O)Cc2ccc(SC(C)C)cc2)sc2c1CCC2. The number of hydrogen-bond donors (Lipinski definition) is 2. The van der Waals surface area contributed by atoms with Gasteiger partial charge in [-0.3, -0.25) is 14.9 Å². The lowest BCUT2D eigenvalue weighted by molar-refractivity contribution is -0.115. The highest BCUT2D eigenvalue weighted by atomic mass is 32.2. The van der Waals surface area contributed by atoms with E-state index in [-0.39, 0.29) is 12.3 Å². The van der Waals surface area contributed by atoms with Gasteiger partial charge in [0.25, 0.3) is 5.91 Å². The molecule has 29 heavy (non-hydrogen) atoms. The standard InChI is InChI=1S/C21H24N2O4S2/c1-12(2)28-14-9-7-13(8-10-14)11-17(24)22-20-18(19(25)23-21(26)27-3)15-5-4-6-16(15)29-20/h7-10,12H,4-6,11H2,1-3H3,(H,22,24)(H,23,25,26). The number of thiophene rings is 1. The summed E-state index contributed by atoms with van der Waals surface area (Å²) in [7, 11) is 1.20. The highest BCUT2D eigenvalue weighted by molar-refractivity contribution is 7.99. The molecule has 0 atom stereocenters. The lowest BCUT2D eigenvalue weighted by Gasteiger charge is -2.09. The number of alkyl carbamates (subject to hydrolysis) is 1. The second kappa shape index (κ2) is 9.45. The Bertz CT molecular complexity index is 920. The number of rotatable bonds is 6. The van der Waals surface area contributed by atoms with Crippen molar-refractivity contribution < 1.29 is 19.1 Å². The van der Waals surface area contributed by atoms with Crippen molar-refractivity contribution in [3.05, 3.63) is 45.8 Å². The molecule has 0 saturated carbocycles. The number of methoxy groups -OCH3 is 1. The first-order valence-electron chi connectivity index (χ1n) is 9.46. The molecule has 1 aliphatic rings. The third kappa shape index (κ3) is 5.39. The molecule has 0 unspecified atom stereocenters. The third-order valence-electron chi connectivity index (χ3n) is 4.46. The summed E-state index contributed by atoms with van der Waals surface area (Å²) in [6.45, 7) is 4.27. The molecule has 0 saturated heterocycles. The van der Waals surface area contributed by atoms with Crippen molar-refractivity contribution in [3.8, 4) is 0 Å². The zero-order valence-electron chi connectivity index (χ0n) is 16.7. The van der Waals surface area contributed by atoms with E-state index in [9.17, 15) is 14.4 Å². The molecule has 1 aromatic carbocycles. The quantitative estimate of drug-likeness (QED) is 0.661. The average molecular weight is 433 g/mol. The number of carbonyl (C=O) groups is 3.